The lowest BCUT2D eigenvalue weighted by Crippen LogP contribution is -2.64. The van der Waals surface area contributed by atoms with Gasteiger partial charge in [-0.2, -0.15) is 0 Å². The first-order valence-corrected chi connectivity index (χ1v) is 7.92. The molecule has 2 rings (SSSR count). The van der Waals surface area contributed by atoms with Gasteiger partial charge in [0, 0.05) is 6.04 Å². The Morgan fingerprint density at radius 2 is 1.95 bits per heavy atom. The Morgan fingerprint density at radius 1 is 1.25 bits per heavy atom. The van der Waals surface area contributed by atoms with Gasteiger partial charge in [0.15, 0.2) is 0 Å². The minimum atomic E-state index is -0.384. The number of rotatable bonds is 2. The molecule has 1 aliphatic heterocycles. The Balaban J connectivity index is 2.13. The van der Waals surface area contributed by atoms with Gasteiger partial charge in [-0.15, -0.1) is 0 Å². The highest BCUT2D eigenvalue weighted by molar-refractivity contribution is 5.95. The molecule has 1 N–H and O–H groups in total. The van der Waals surface area contributed by atoms with Crippen LogP contribution in [-0.4, -0.2) is 35.3 Å². The molecule has 1 heterocycles. The molecule has 2 aliphatic rings. The van der Waals surface area contributed by atoms with Crippen molar-refractivity contribution in [3.63, 3.8) is 0 Å². The summed E-state index contributed by atoms with van der Waals surface area (Å²) in [6.07, 6.45) is 5.73. The summed E-state index contributed by atoms with van der Waals surface area (Å²) in [6, 6.07) is -0.122. The van der Waals surface area contributed by atoms with Gasteiger partial charge in [0.2, 0.25) is 11.8 Å². The largest absolute Gasteiger partial charge is 0.342 e. The number of hydrogen-bond donors (Lipinski definition) is 1. The molecule has 1 saturated heterocycles. The molecule has 114 valence electrons. The van der Waals surface area contributed by atoms with Crippen LogP contribution in [0.5, 0.6) is 0 Å². The molecule has 1 saturated carbocycles. The van der Waals surface area contributed by atoms with E-state index in [1.165, 1.54) is 19.3 Å². The fourth-order valence-corrected chi connectivity index (χ4v) is 3.48. The van der Waals surface area contributed by atoms with Gasteiger partial charge in [-0.05, 0) is 24.2 Å². The Morgan fingerprint density at radius 3 is 2.55 bits per heavy atom. The fourth-order valence-electron chi connectivity index (χ4n) is 3.48. The van der Waals surface area contributed by atoms with Crippen molar-refractivity contribution in [3.05, 3.63) is 0 Å². The molecule has 20 heavy (non-hydrogen) atoms. The van der Waals surface area contributed by atoms with Gasteiger partial charge in [-0.1, -0.05) is 47.0 Å². The molecule has 0 aromatic rings. The molecule has 3 atom stereocenters. The van der Waals surface area contributed by atoms with Gasteiger partial charge in [0.1, 0.15) is 6.04 Å². The summed E-state index contributed by atoms with van der Waals surface area (Å²) < 4.78 is 0. The fraction of sp³-hybridized carbons (Fsp3) is 0.875. The first-order valence-electron chi connectivity index (χ1n) is 7.92. The van der Waals surface area contributed by atoms with Crippen LogP contribution in [0.3, 0.4) is 0 Å². The Labute approximate surface area is 122 Å². The van der Waals surface area contributed by atoms with E-state index < -0.39 is 0 Å². The standard InChI is InChI=1S/C16H28N2O2/c1-5-11-7-6-8-12(9-11)18-10-13(19)17-14(15(18)20)16(2,3)4/h11-12,14H,5-10H2,1-4H3,(H,17,19). The highest BCUT2D eigenvalue weighted by Crippen LogP contribution is 2.32. The summed E-state index contributed by atoms with van der Waals surface area (Å²) in [5, 5.41) is 2.87. The Hall–Kier alpha value is -1.06. The van der Waals surface area contributed by atoms with E-state index in [4.69, 9.17) is 0 Å². The Kier molecular flexibility index (Phi) is 4.40. The molecular weight excluding hydrogens is 252 g/mol. The van der Waals surface area contributed by atoms with E-state index in [0.29, 0.717) is 5.92 Å². The molecule has 1 aliphatic carbocycles. The molecule has 0 spiro atoms. The maximum atomic E-state index is 12.7. The second-order valence-electron chi connectivity index (χ2n) is 7.43. The van der Waals surface area contributed by atoms with Crippen molar-refractivity contribution in [2.24, 2.45) is 11.3 Å². The molecule has 2 amide bonds. The van der Waals surface area contributed by atoms with Crippen LogP contribution in [0.25, 0.3) is 0 Å². The van der Waals surface area contributed by atoms with Crippen molar-refractivity contribution in [2.45, 2.75) is 71.9 Å². The van der Waals surface area contributed by atoms with Crippen molar-refractivity contribution in [3.8, 4) is 0 Å². The van der Waals surface area contributed by atoms with Crippen molar-refractivity contribution in [1.82, 2.24) is 10.2 Å². The first-order chi connectivity index (χ1) is 9.32. The highest BCUT2D eigenvalue weighted by atomic mass is 16.2. The van der Waals surface area contributed by atoms with E-state index in [1.807, 2.05) is 25.7 Å². The van der Waals surface area contributed by atoms with E-state index >= 15 is 0 Å². The van der Waals surface area contributed by atoms with Crippen molar-refractivity contribution >= 4 is 11.8 Å². The molecule has 0 bridgehead atoms. The van der Waals surface area contributed by atoms with E-state index in [-0.39, 0.29) is 35.9 Å². The highest BCUT2D eigenvalue weighted by Gasteiger charge is 2.42. The van der Waals surface area contributed by atoms with Gasteiger partial charge in [0.25, 0.3) is 0 Å². The van der Waals surface area contributed by atoms with E-state index in [2.05, 4.69) is 12.2 Å². The minimum absolute atomic E-state index is 0.0110. The van der Waals surface area contributed by atoms with Crippen LogP contribution >= 0.6 is 0 Å². The van der Waals surface area contributed by atoms with Gasteiger partial charge in [-0.25, -0.2) is 0 Å². The smallest absolute Gasteiger partial charge is 0.246 e. The summed E-state index contributed by atoms with van der Waals surface area (Å²) in [4.78, 5) is 26.5. The maximum Gasteiger partial charge on any atom is 0.246 e. The van der Waals surface area contributed by atoms with Crippen LogP contribution in [0.2, 0.25) is 0 Å². The summed E-state index contributed by atoms with van der Waals surface area (Å²) in [7, 11) is 0. The Bertz CT molecular complexity index is 386. The SMILES string of the molecule is CCC1CCCC(N2CC(=O)NC(C(C)(C)C)C2=O)C1. The molecule has 4 nitrogen and oxygen atoms in total. The molecule has 4 heteroatoms. The number of nitrogens with one attached hydrogen (secondary N) is 1. The summed E-state index contributed by atoms with van der Waals surface area (Å²) >= 11 is 0. The minimum Gasteiger partial charge on any atom is -0.342 e. The summed E-state index contributed by atoms with van der Waals surface area (Å²) in [5.74, 6) is 0.807. The third kappa shape index (κ3) is 3.15. The number of hydrogen-bond acceptors (Lipinski definition) is 2. The van der Waals surface area contributed by atoms with Crippen LogP contribution in [0.15, 0.2) is 0 Å². The van der Waals surface area contributed by atoms with Crippen LogP contribution in [-0.2, 0) is 9.59 Å². The van der Waals surface area contributed by atoms with Crippen LogP contribution in [0.4, 0.5) is 0 Å². The number of nitrogens with zero attached hydrogens (tertiary/aromatic N) is 1. The van der Waals surface area contributed by atoms with Crippen LogP contribution in [0.1, 0.15) is 59.8 Å². The van der Waals surface area contributed by atoms with E-state index in [9.17, 15) is 9.59 Å². The lowest BCUT2D eigenvalue weighted by molar-refractivity contribution is -0.150. The lowest BCUT2D eigenvalue weighted by atomic mass is 9.81. The van der Waals surface area contributed by atoms with Crippen LogP contribution < -0.4 is 5.32 Å². The van der Waals surface area contributed by atoms with Gasteiger partial charge >= 0.3 is 0 Å². The zero-order valence-corrected chi connectivity index (χ0v) is 13.2. The third-order valence-corrected chi connectivity index (χ3v) is 4.79. The molecule has 0 aromatic heterocycles. The number of piperazine rings is 1. The lowest BCUT2D eigenvalue weighted by Gasteiger charge is -2.44. The topological polar surface area (TPSA) is 49.4 Å². The van der Waals surface area contributed by atoms with Crippen molar-refractivity contribution < 1.29 is 9.59 Å². The zero-order valence-electron chi connectivity index (χ0n) is 13.2. The average molecular weight is 280 g/mol. The van der Waals surface area contributed by atoms with Crippen molar-refractivity contribution in [2.75, 3.05) is 6.54 Å². The number of carbonyl (C=O) groups excluding carboxylic acids is 2. The molecule has 2 fully saturated rings. The number of carbonyl (C=O) groups is 2. The van der Waals surface area contributed by atoms with Crippen LogP contribution in [0, 0.1) is 11.3 Å². The average Bonchev–Trinajstić information content (AvgIpc) is 2.40. The van der Waals surface area contributed by atoms with E-state index in [0.717, 1.165) is 12.8 Å². The maximum absolute atomic E-state index is 12.7. The zero-order chi connectivity index (χ0) is 14.9. The molecule has 0 radical (unpaired) electrons. The number of amides is 2. The predicted molar refractivity (Wildman–Crippen MR) is 79.1 cm³/mol. The van der Waals surface area contributed by atoms with Crippen molar-refractivity contribution in [1.29, 1.82) is 0 Å². The predicted octanol–water partition coefficient (Wildman–Crippen LogP) is 2.33. The third-order valence-electron chi connectivity index (χ3n) is 4.79. The van der Waals surface area contributed by atoms with Gasteiger partial charge < -0.3 is 10.2 Å². The first kappa shape index (κ1) is 15.3. The summed E-state index contributed by atoms with van der Waals surface area (Å²) in [6.45, 7) is 8.49. The molecule has 3 unspecified atom stereocenters. The summed E-state index contributed by atoms with van der Waals surface area (Å²) in [5.41, 5.74) is -0.232. The molecular formula is C16H28N2O2. The molecule has 0 aromatic carbocycles. The normalized spacial score (nSPS) is 32.2. The van der Waals surface area contributed by atoms with E-state index in [1.54, 1.807) is 0 Å². The van der Waals surface area contributed by atoms with Gasteiger partial charge in [-0.3, -0.25) is 9.59 Å². The second-order valence-corrected chi connectivity index (χ2v) is 7.43. The van der Waals surface area contributed by atoms with Gasteiger partial charge in [0.05, 0.1) is 6.54 Å². The quantitative estimate of drug-likeness (QED) is 0.844. The second kappa shape index (κ2) is 5.74. The monoisotopic (exact) mass is 280 g/mol.